The van der Waals surface area contributed by atoms with Gasteiger partial charge in [0.05, 0.1) is 5.57 Å². The fourth-order valence-electron chi connectivity index (χ4n) is 2.87. The van der Waals surface area contributed by atoms with Gasteiger partial charge in [-0.25, -0.2) is 4.39 Å². The van der Waals surface area contributed by atoms with E-state index in [-0.39, 0.29) is 17.4 Å². The first-order valence-corrected chi connectivity index (χ1v) is 7.89. The molecule has 0 spiro atoms. The molecule has 2 aromatic rings. The van der Waals surface area contributed by atoms with Crippen LogP contribution >= 0.6 is 0 Å². The number of hydrogen-bond acceptors (Lipinski definition) is 3. The van der Waals surface area contributed by atoms with Crippen LogP contribution < -0.4 is 0 Å². The van der Waals surface area contributed by atoms with Crippen LogP contribution in [-0.2, 0) is 9.63 Å². The Morgan fingerprint density at radius 2 is 1.67 bits per heavy atom. The number of aldehydes is 1. The zero-order chi connectivity index (χ0) is 17.3. The summed E-state index contributed by atoms with van der Waals surface area (Å²) in [7, 11) is 0. The first-order valence-electron chi connectivity index (χ1n) is 7.89. The lowest BCUT2D eigenvalue weighted by Crippen LogP contribution is -2.41. The van der Waals surface area contributed by atoms with E-state index in [9.17, 15) is 9.18 Å². The van der Waals surface area contributed by atoms with E-state index in [2.05, 4.69) is 0 Å². The van der Waals surface area contributed by atoms with Gasteiger partial charge in [-0.15, -0.1) is 5.06 Å². The third kappa shape index (κ3) is 2.97. The summed E-state index contributed by atoms with van der Waals surface area (Å²) in [6.45, 7) is 6.08. The summed E-state index contributed by atoms with van der Waals surface area (Å²) in [5.41, 5.74) is 1.89. The van der Waals surface area contributed by atoms with Crippen LogP contribution in [0.3, 0.4) is 0 Å². The predicted octanol–water partition coefficient (Wildman–Crippen LogP) is 4.52. The van der Waals surface area contributed by atoms with Gasteiger partial charge in [0.1, 0.15) is 11.9 Å². The summed E-state index contributed by atoms with van der Waals surface area (Å²) in [6.07, 6.45) is 0.835. The van der Waals surface area contributed by atoms with E-state index < -0.39 is 0 Å². The fourth-order valence-corrected chi connectivity index (χ4v) is 2.87. The standard InChI is InChI=1S/C20H20FNO2/c1-20(2,3)22-18(14-7-5-4-6-8-14)17(13-23)19(24-22)15-9-11-16(21)12-10-15/h4-13,18H,1-3H3/t18-/m0/s1. The lowest BCUT2D eigenvalue weighted by molar-refractivity contribution is -0.158. The van der Waals surface area contributed by atoms with Crippen molar-refractivity contribution in [2.75, 3.05) is 0 Å². The number of carbonyl (C=O) groups excluding carboxylic acids is 1. The second-order valence-electron chi connectivity index (χ2n) is 6.81. The molecule has 0 N–H and O–H groups in total. The number of rotatable bonds is 3. The van der Waals surface area contributed by atoms with E-state index in [1.165, 1.54) is 12.1 Å². The predicted molar refractivity (Wildman–Crippen MR) is 91.2 cm³/mol. The number of benzene rings is 2. The van der Waals surface area contributed by atoms with Crippen molar-refractivity contribution in [3.05, 3.63) is 77.1 Å². The molecule has 0 saturated carbocycles. The molecule has 3 nitrogen and oxygen atoms in total. The van der Waals surface area contributed by atoms with Crippen molar-refractivity contribution in [1.82, 2.24) is 5.06 Å². The quantitative estimate of drug-likeness (QED) is 0.777. The van der Waals surface area contributed by atoms with Crippen molar-refractivity contribution in [2.24, 2.45) is 0 Å². The SMILES string of the molecule is CC(C)(C)N1OC(c2ccc(F)cc2)=C(C=O)[C@@H]1c1ccccc1. The first kappa shape index (κ1) is 16.4. The number of nitrogens with zero attached hydrogens (tertiary/aromatic N) is 1. The number of carbonyl (C=O) groups is 1. The maximum Gasteiger partial charge on any atom is 0.163 e. The van der Waals surface area contributed by atoms with Gasteiger partial charge in [0, 0.05) is 11.1 Å². The first-order chi connectivity index (χ1) is 11.4. The van der Waals surface area contributed by atoms with Crippen molar-refractivity contribution in [3.63, 3.8) is 0 Å². The molecular weight excluding hydrogens is 305 g/mol. The summed E-state index contributed by atoms with van der Waals surface area (Å²) in [5, 5.41) is 1.82. The van der Waals surface area contributed by atoms with E-state index in [1.807, 2.05) is 56.2 Å². The monoisotopic (exact) mass is 325 g/mol. The topological polar surface area (TPSA) is 29.5 Å². The van der Waals surface area contributed by atoms with Gasteiger partial charge in [-0.1, -0.05) is 30.3 Å². The summed E-state index contributed by atoms with van der Waals surface area (Å²) in [4.78, 5) is 18.0. The Labute approximate surface area is 141 Å². The van der Waals surface area contributed by atoms with Crippen LogP contribution in [0.1, 0.15) is 37.9 Å². The average molecular weight is 325 g/mol. The number of hydroxylamine groups is 2. The molecule has 0 aliphatic carbocycles. The minimum Gasteiger partial charge on any atom is -0.403 e. The highest BCUT2D eigenvalue weighted by Gasteiger charge is 2.42. The molecule has 1 aliphatic heterocycles. The summed E-state index contributed by atoms with van der Waals surface area (Å²) >= 11 is 0. The van der Waals surface area contributed by atoms with Gasteiger partial charge in [-0.05, 0) is 50.6 Å². The summed E-state index contributed by atoms with van der Waals surface area (Å²) in [6, 6.07) is 15.5. The smallest absolute Gasteiger partial charge is 0.163 e. The molecular formula is C20H20FNO2. The second kappa shape index (κ2) is 6.21. The van der Waals surface area contributed by atoms with Crippen LogP contribution in [0.25, 0.3) is 5.76 Å². The highest BCUT2D eigenvalue weighted by Crippen LogP contribution is 2.44. The zero-order valence-corrected chi connectivity index (χ0v) is 14.0. The Morgan fingerprint density at radius 3 is 2.21 bits per heavy atom. The zero-order valence-electron chi connectivity index (χ0n) is 14.0. The second-order valence-corrected chi connectivity index (χ2v) is 6.81. The van der Waals surface area contributed by atoms with Crippen LogP contribution in [0.2, 0.25) is 0 Å². The van der Waals surface area contributed by atoms with Crippen molar-refractivity contribution < 1.29 is 14.0 Å². The molecule has 3 rings (SSSR count). The van der Waals surface area contributed by atoms with Crippen LogP contribution in [-0.4, -0.2) is 16.9 Å². The lowest BCUT2D eigenvalue weighted by atomic mass is 9.94. The highest BCUT2D eigenvalue weighted by molar-refractivity contribution is 5.88. The molecule has 124 valence electrons. The molecule has 2 aromatic carbocycles. The largest absolute Gasteiger partial charge is 0.403 e. The van der Waals surface area contributed by atoms with E-state index in [4.69, 9.17) is 4.84 Å². The highest BCUT2D eigenvalue weighted by atomic mass is 19.1. The Hall–Kier alpha value is -2.46. The minimum atomic E-state index is -0.323. The van der Waals surface area contributed by atoms with E-state index in [0.717, 1.165) is 11.8 Å². The van der Waals surface area contributed by atoms with Crippen molar-refractivity contribution in [2.45, 2.75) is 32.4 Å². The van der Waals surface area contributed by atoms with Crippen molar-refractivity contribution >= 4 is 12.0 Å². The third-order valence-corrected chi connectivity index (χ3v) is 3.99. The minimum absolute atomic E-state index is 0.302. The van der Waals surface area contributed by atoms with Crippen LogP contribution in [0, 0.1) is 5.82 Å². The maximum absolute atomic E-state index is 13.2. The van der Waals surface area contributed by atoms with Gasteiger partial charge >= 0.3 is 0 Å². The van der Waals surface area contributed by atoms with Gasteiger partial charge in [0.2, 0.25) is 0 Å². The van der Waals surface area contributed by atoms with E-state index in [0.29, 0.717) is 16.9 Å². The lowest BCUT2D eigenvalue weighted by Gasteiger charge is -2.35. The van der Waals surface area contributed by atoms with Gasteiger partial charge in [0.15, 0.2) is 12.0 Å². The molecule has 0 radical (unpaired) electrons. The van der Waals surface area contributed by atoms with Crippen LogP contribution in [0.4, 0.5) is 4.39 Å². The van der Waals surface area contributed by atoms with Crippen molar-refractivity contribution in [3.8, 4) is 0 Å². The molecule has 1 aliphatic rings. The number of halogens is 1. The molecule has 0 bridgehead atoms. The Bertz CT molecular complexity index is 760. The third-order valence-electron chi connectivity index (χ3n) is 3.99. The molecule has 1 atom stereocenters. The van der Waals surface area contributed by atoms with Gasteiger partial charge in [-0.2, -0.15) is 0 Å². The van der Waals surface area contributed by atoms with Crippen molar-refractivity contribution in [1.29, 1.82) is 0 Å². The number of hydrogen-bond donors (Lipinski definition) is 0. The molecule has 4 heteroatoms. The van der Waals surface area contributed by atoms with Crippen LogP contribution in [0.5, 0.6) is 0 Å². The molecule has 1 heterocycles. The molecule has 0 unspecified atom stereocenters. The fraction of sp³-hybridized carbons (Fsp3) is 0.250. The van der Waals surface area contributed by atoms with E-state index in [1.54, 1.807) is 12.1 Å². The molecule has 0 amide bonds. The summed E-state index contributed by atoms with van der Waals surface area (Å²) < 4.78 is 13.2. The Balaban J connectivity index is 2.13. The van der Waals surface area contributed by atoms with Gasteiger partial charge < -0.3 is 4.84 Å². The molecule has 24 heavy (non-hydrogen) atoms. The molecule has 0 saturated heterocycles. The Morgan fingerprint density at radius 1 is 1.04 bits per heavy atom. The molecule has 0 aromatic heterocycles. The molecule has 0 fully saturated rings. The Kier molecular flexibility index (Phi) is 4.24. The summed E-state index contributed by atoms with van der Waals surface area (Å²) in [5.74, 6) is 0.158. The van der Waals surface area contributed by atoms with Crippen LogP contribution in [0.15, 0.2) is 60.2 Å². The van der Waals surface area contributed by atoms with Gasteiger partial charge in [0.25, 0.3) is 0 Å². The van der Waals surface area contributed by atoms with Gasteiger partial charge in [-0.3, -0.25) is 4.79 Å². The average Bonchev–Trinajstić information content (AvgIpc) is 2.96. The maximum atomic E-state index is 13.2. The van der Waals surface area contributed by atoms with E-state index >= 15 is 0 Å². The normalized spacial score (nSPS) is 18.6.